The van der Waals surface area contributed by atoms with E-state index in [1.165, 1.54) is 29.0 Å². The SMILES string of the molecule is Cc1cc2c(cc1F)cc(-c1ccc(S(=O)(=O)NC(C)C(F)(F)F)cn1)n2-c1nncs1. The second-order valence-electron chi connectivity index (χ2n) is 7.01. The highest BCUT2D eigenvalue weighted by Gasteiger charge is 2.39. The van der Waals surface area contributed by atoms with Crippen LogP contribution in [0.25, 0.3) is 27.4 Å². The van der Waals surface area contributed by atoms with E-state index in [-0.39, 0.29) is 0 Å². The third-order valence-corrected chi connectivity index (χ3v) is 6.95. The number of rotatable bonds is 5. The van der Waals surface area contributed by atoms with Crippen molar-refractivity contribution in [1.82, 2.24) is 24.5 Å². The average molecular weight is 485 g/mol. The minimum atomic E-state index is -4.73. The number of nitrogens with zero attached hydrogens (tertiary/aromatic N) is 4. The maximum Gasteiger partial charge on any atom is 0.404 e. The highest BCUT2D eigenvalue weighted by atomic mass is 32.2. The summed E-state index contributed by atoms with van der Waals surface area (Å²) in [5.41, 5.74) is 3.40. The van der Waals surface area contributed by atoms with Gasteiger partial charge in [-0.2, -0.15) is 17.9 Å². The molecule has 0 aliphatic rings. The molecule has 13 heteroatoms. The molecular formula is C19H15F4N5O2S2. The molecule has 0 saturated heterocycles. The van der Waals surface area contributed by atoms with Crippen LogP contribution < -0.4 is 4.72 Å². The van der Waals surface area contributed by atoms with Crippen molar-refractivity contribution in [1.29, 1.82) is 0 Å². The van der Waals surface area contributed by atoms with Crippen molar-refractivity contribution in [2.24, 2.45) is 0 Å². The minimum absolute atomic E-state index is 0.317. The molecule has 0 amide bonds. The van der Waals surface area contributed by atoms with E-state index in [0.717, 1.165) is 12.3 Å². The lowest BCUT2D eigenvalue weighted by atomic mass is 10.1. The average Bonchev–Trinajstić information content (AvgIpc) is 3.35. The molecule has 0 spiro atoms. The Labute approximate surface area is 183 Å². The van der Waals surface area contributed by atoms with Gasteiger partial charge in [-0.3, -0.25) is 9.55 Å². The molecule has 0 saturated carbocycles. The fraction of sp³-hybridized carbons (Fsp3) is 0.211. The molecule has 7 nitrogen and oxygen atoms in total. The fourth-order valence-corrected chi connectivity index (χ4v) is 4.81. The van der Waals surface area contributed by atoms with E-state index in [9.17, 15) is 26.0 Å². The van der Waals surface area contributed by atoms with Crippen LogP contribution in [-0.2, 0) is 10.0 Å². The van der Waals surface area contributed by atoms with Gasteiger partial charge in [-0.15, -0.1) is 10.2 Å². The molecule has 0 aliphatic carbocycles. The first-order chi connectivity index (χ1) is 15.0. The monoisotopic (exact) mass is 485 g/mol. The smallest absolute Gasteiger partial charge is 0.282 e. The Hall–Kier alpha value is -2.90. The van der Waals surface area contributed by atoms with E-state index in [1.54, 1.807) is 28.3 Å². The van der Waals surface area contributed by atoms with Gasteiger partial charge in [-0.05, 0) is 49.7 Å². The Bertz CT molecular complexity index is 1380. The molecule has 0 radical (unpaired) electrons. The Morgan fingerprint density at radius 3 is 2.53 bits per heavy atom. The zero-order valence-electron chi connectivity index (χ0n) is 16.6. The summed E-state index contributed by atoms with van der Waals surface area (Å²) in [6, 6.07) is 4.94. The zero-order chi connectivity index (χ0) is 23.3. The van der Waals surface area contributed by atoms with Gasteiger partial charge >= 0.3 is 6.18 Å². The van der Waals surface area contributed by atoms with E-state index < -0.39 is 33.0 Å². The topological polar surface area (TPSA) is 89.8 Å². The van der Waals surface area contributed by atoms with Crippen molar-refractivity contribution >= 4 is 32.3 Å². The van der Waals surface area contributed by atoms with E-state index in [4.69, 9.17) is 0 Å². The van der Waals surface area contributed by atoms with Gasteiger partial charge in [-0.1, -0.05) is 11.3 Å². The molecule has 32 heavy (non-hydrogen) atoms. The first-order valence-electron chi connectivity index (χ1n) is 9.11. The van der Waals surface area contributed by atoms with Gasteiger partial charge in [0.1, 0.15) is 22.3 Å². The van der Waals surface area contributed by atoms with Crippen molar-refractivity contribution in [2.45, 2.75) is 31.0 Å². The number of aromatic nitrogens is 4. The molecule has 1 N–H and O–H groups in total. The molecule has 4 rings (SSSR count). The van der Waals surface area contributed by atoms with Crippen LogP contribution in [0.4, 0.5) is 17.6 Å². The van der Waals surface area contributed by atoms with Crippen LogP contribution in [-0.4, -0.2) is 40.4 Å². The number of benzene rings is 1. The highest BCUT2D eigenvalue weighted by molar-refractivity contribution is 7.89. The Morgan fingerprint density at radius 1 is 1.19 bits per heavy atom. The van der Waals surface area contributed by atoms with E-state index >= 15 is 0 Å². The summed E-state index contributed by atoms with van der Waals surface area (Å²) in [4.78, 5) is 3.72. The number of alkyl halides is 3. The lowest BCUT2D eigenvalue weighted by molar-refractivity contribution is -0.147. The quantitative estimate of drug-likeness (QED) is 0.428. The zero-order valence-corrected chi connectivity index (χ0v) is 18.2. The molecule has 1 unspecified atom stereocenters. The van der Waals surface area contributed by atoms with Crippen LogP contribution in [0.1, 0.15) is 12.5 Å². The van der Waals surface area contributed by atoms with Crippen molar-refractivity contribution < 1.29 is 26.0 Å². The lowest BCUT2D eigenvalue weighted by Crippen LogP contribution is -2.42. The molecule has 168 valence electrons. The molecule has 0 fully saturated rings. The summed E-state index contributed by atoms with van der Waals surface area (Å²) in [5.74, 6) is -0.391. The van der Waals surface area contributed by atoms with Crippen LogP contribution >= 0.6 is 11.3 Å². The largest absolute Gasteiger partial charge is 0.404 e. The number of halogens is 4. The molecule has 3 heterocycles. The van der Waals surface area contributed by atoms with Gasteiger partial charge < -0.3 is 0 Å². The molecule has 3 aromatic heterocycles. The number of hydrogen-bond acceptors (Lipinski definition) is 6. The second-order valence-corrected chi connectivity index (χ2v) is 9.54. The Morgan fingerprint density at radius 2 is 1.94 bits per heavy atom. The van der Waals surface area contributed by atoms with E-state index in [1.807, 2.05) is 0 Å². The van der Waals surface area contributed by atoms with Crippen LogP contribution in [0.5, 0.6) is 0 Å². The van der Waals surface area contributed by atoms with Gasteiger partial charge in [-0.25, -0.2) is 12.8 Å². The third-order valence-electron chi connectivity index (χ3n) is 4.75. The predicted molar refractivity (Wildman–Crippen MR) is 111 cm³/mol. The Kier molecular flexibility index (Phi) is 5.51. The van der Waals surface area contributed by atoms with E-state index in [2.05, 4.69) is 15.2 Å². The summed E-state index contributed by atoms with van der Waals surface area (Å²) >= 11 is 1.24. The van der Waals surface area contributed by atoms with Crippen LogP contribution in [0.3, 0.4) is 0 Å². The maximum absolute atomic E-state index is 14.1. The highest BCUT2D eigenvalue weighted by Crippen LogP contribution is 2.33. The lowest BCUT2D eigenvalue weighted by Gasteiger charge is -2.17. The van der Waals surface area contributed by atoms with Gasteiger partial charge in [0.25, 0.3) is 0 Å². The van der Waals surface area contributed by atoms with Crippen LogP contribution in [0.15, 0.2) is 46.9 Å². The summed E-state index contributed by atoms with van der Waals surface area (Å²) in [5, 5.41) is 8.94. The molecule has 0 bridgehead atoms. The summed E-state index contributed by atoms with van der Waals surface area (Å²) in [7, 11) is -4.44. The van der Waals surface area contributed by atoms with Gasteiger partial charge in [0.05, 0.1) is 16.9 Å². The predicted octanol–water partition coefficient (Wildman–Crippen LogP) is 4.22. The van der Waals surface area contributed by atoms with Crippen molar-refractivity contribution in [3.05, 3.63) is 53.4 Å². The minimum Gasteiger partial charge on any atom is -0.282 e. The van der Waals surface area contributed by atoms with Crippen molar-refractivity contribution in [2.75, 3.05) is 0 Å². The maximum atomic E-state index is 14.1. The summed E-state index contributed by atoms with van der Waals surface area (Å²) in [6.45, 7) is 2.33. The van der Waals surface area contributed by atoms with Crippen molar-refractivity contribution in [3.63, 3.8) is 0 Å². The van der Waals surface area contributed by atoms with Crippen LogP contribution in [0.2, 0.25) is 0 Å². The van der Waals surface area contributed by atoms with Gasteiger partial charge in [0.15, 0.2) is 0 Å². The number of hydrogen-bond donors (Lipinski definition) is 1. The third kappa shape index (κ3) is 4.10. The Balaban J connectivity index is 1.78. The second kappa shape index (κ2) is 7.90. The number of pyridine rings is 1. The van der Waals surface area contributed by atoms with Gasteiger partial charge in [0, 0.05) is 11.6 Å². The molecule has 1 aromatic carbocycles. The first-order valence-corrected chi connectivity index (χ1v) is 11.5. The summed E-state index contributed by atoms with van der Waals surface area (Å²) in [6.07, 6.45) is -3.76. The molecule has 4 aromatic rings. The first kappa shape index (κ1) is 22.3. The number of fused-ring (bicyclic) bond motifs is 1. The fourth-order valence-electron chi connectivity index (χ4n) is 3.05. The molecule has 1 atom stereocenters. The van der Waals surface area contributed by atoms with E-state index in [0.29, 0.717) is 39.9 Å². The normalized spacial score (nSPS) is 13.6. The summed E-state index contributed by atoms with van der Waals surface area (Å²) < 4.78 is 80.2. The molecule has 0 aliphatic heterocycles. The number of nitrogens with one attached hydrogen (secondary N) is 1. The van der Waals surface area contributed by atoms with Gasteiger partial charge in [0.2, 0.25) is 15.2 Å². The number of aryl methyl sites for hydroxylation is 1. The standard InChI is InChI=1S/C19H15F4N5O2S2/c1-10-5-16-12(6-14(10)20)7-17(28(16)18-26-25-9-31-18)15-4-3-13(8-24-15)32(29,30)27-11(2)19(21,22)23/h3-9,11,27H,1-2H3. The van der Waals surface area contributed by atoms with Crippen molar-refractivity contribution in [3.8, 4) is 16.5 Å². The van der Waals surface area contributed by atoms with Crippen LogP contribution in [0, 0.1) is 12.7 Å². The molecular weight excluding hydrogens is 470 g/mol. The number of sulfonamides is 1.